The van der Waals surface area contributed by atoms with Crippen LogP contribution < -0.4 is 5.56 Å². The summed E-state index contributed by atoms with van der Waals surface area (Å²) in [6.45, 7) is -1.26. The number of ether oxygens (including phenoxy) is 1. The Morgan fingerprint density at radius 2 is 1.93 bits per heavy atom. The number of rotatable bonds is 4. The van der Waals surface area contributed by atoms with E-state index in [2.05, 4.69) is 0 Å². The normalized spacial score (nSPS) is 12.7. The van der Waals surface area contributed by atoms with E-state index in [-0.39, 0.29) is 42.3 Å². The number of aromatic hydroxyl groups is 1. The van der Waals surface area contributed by atoms with Gasteiger partial charge in [0.2, 0.25) is 0 Å². The van der Waals surface area contributed by atoms with E-state index in [4.69, 9.17) is 9.84 Å². The van der Waals surface area contributed by atoms with Gasteiger partial charge >= 0.3 is 12.0 Å². The van der Waals surface area contributed by atoms with Crippen LogP contribution in [-0.2, 0) is 29.3 Å². The van der Waals surface area contributed by atoms with Crippen molar-refractivity contribution in [3.8, 4) is 5.75 Å². The van der Waals surface area contributed by atoms with Gasteiger partial charge in [-0.15, -0.1) is 0 Å². The second kappa shape index (κ2) is 7.16. The second-order valence-electron chi connectivity index (χ2n) is 5.90. The predicted molar refractivity (Wildman–Crippen MR) is 86.1 cm³/mol. The van der Waals surface area contributed by atoms with Gasteiger partial charge in [-0.2, -0.15) is 0 Å². The number of amides is 1. The number of aromatic nitrogens is 1. The monoisotopic (exact) mass is 380 g/mol. The Morgan fingerprint density at radius 3 is 2.59 bits per heavy atom. The van der Waals surface area contributed by atoms with E-state index in [0.29, 0.717) is 4.57 Å². The van der Waals surface area contributed by atoms with Crippen LogP contribution in [0.25, 0.3) is 0 Å². The molecule has 142 valence electrons. The summed E-state index contributed by atoms with van der Waals surface area (Å²) in [4.78, 5) is 37.0. The molecule has 0 spiro atoms. The number of hydrogen-bond acceptors (Lipinski definition) is 5. The lowest BCUT2D eigenvalue weighted by molar-refractivity contribution is -0.137. The lowest BCUT2D eigenvalue weighted by Crippen LogP contribution is -2.43. The third-order valence-corrected chi connectivity index (χ3v) is 4.04. The van der Waals surface area contributed by atoms with Crippen molar-refractivity contribution in [3.05, 3.63) is 63.1 Å². The van der Waals surface area contributed by atoms with Gasteiger partial charge < -0.3 is 19.8 Å². The molecule has 10 heteroatoms. The van der Waals surface area contributed by atoms with Crippen LogP contribution in [0.2, 0.25) is 0 Å². The topological polar surface area (TPSA) is 109 Å². The molecule has 0 unspecified atom stereocenters. The largest absolute Gasteiger partial charge is 0.507 e. The number of carbonyl (C=O) groups excluding carboxylic acids is 1. The maximum Gasteiger partial charge on any atom is 0.332 e. The Morgan fingerprint density at radius 1 is 1.19 bits per heavy atom. The number of halogens is 2. The molecule has 2 heterocycles. The summed E-state index contributed by atoms with van der Waals surface area (Å²) in [5, 5.41) is 18.9. The number of pyridine rings is 1. The van der Waals surface area contributed by atoms with Crippen LogP contribution in [0.4, 0.5) is 13.6 Å². The van der Waals surface area contributed by atoms with Gasteiger partial charge in [0.15, 0.2) is 11.6 Å². The maximum atomic E-state index is 13.4. The molecule has 1 aliphatic rings. The van der Waals surface area contributed by atoms with E-state index in [9.17, 15) is 28.3 Å². The van der Waals surface area contributed by atoms with E-state index < -0.39 is 35.7 Å². The second-order valence-corrected chi connectivity index (χ2v) is 5.90. The van der Waals surface area contributed by atoms with E-state index in [1.54, 1.807) is 0 Å². The van der Waals surface area contributed by atoms with E-state index in [1.165, 1.54) is 6.07 Å². The number of aliphatic carboxylic acids is 1. The fraction of sp³-hybridized carbons (Fsp3) is 0.235. The zero-order chi connectivity index (χ0) is 19.7. The molecule has 1 aliphatic heterocycles. The number of nitrogens with zero attached hydrogens (tertiary/aromatic N) is 2. The number of hydrogen-bond donors (Lipinski definition) is 2. The molecule has 1 amide bonds. The molecule has 1 aromatic heterocycles. The van der Waals surface area contributed by atoms with Crippen molar-refractivity contribution in [2.24, 2.45) is 0 Å². The van der Waals surface area contributed by atoms with Crippen LogP contribution >= 0.6 is 0 Å². The molecule has 3 rings (SSSR count). The molecule has 0 saturated carbocycles. The zero-order valence-electron chi connectivity index (χ0n) is 13.8. The van der Waals surface area contributed by atoms with Gasteiger partial charge in [-0.1, -0.05) is 6.07 Å². The summed E-state index contributed by atoms with van der Waals surface area (Å²) in [5.74, 6) is -3.90. The number of benzene rings is 1. The lowest BCUT2D eigenvalue weighted by Gasteiger charge is -2.23. The van der Waals surface area contributed by atoms with Gasteiger partial charge in [-0.3, -0.25) is 9.59 Å². The fourth-order valence-corrected chi connectivity index (χ4v) is 2.81. The molecule has 0 saturated heterocycles. The van der Waals surface area contributed by atoms with Crippen molar-refractivity contribution in [1.29, 1.82) is 0 Å². The van der Waals surface area contributed by atoms with Crippen molar-refractivity contribution in [3.63, 3.8) is 0 Å². The minimum absolute atomic E-state index is 0.00314. The van der Waals surface area contributed by atoms with Crippen LogP contribution in [0.3, 0.4) is 0 Å². The van der Waals surface area contributed by atoms with Crippen LogP contribution in [0.5, 0.6) is 5.75 Å². The number of carboxylic acids is 1. The van der Waals surface area contributed by atoms with Gasteiger partial charge in [0.25, 0.3) is 5.56 Å². The van der Waals surface area contributed by atoms with Crippen molar-refractivity contribution >= 4 is 12.0 Å². The Hall–Kier alpha value is -3.27. The molecule has 1 aromatic carbocycles. The molecule has 0 bridgehead atoms. The number of carboxylic acid groups (broad SMARTS) is 1. The SMILES string of the molecule is O=C(O)CN(Cc1ccc(F)c(F)c1)C(=O)n1c2c(c(O)cc1=O)COC2. The smallest absolute Gasteiger partial charge is 0.332 e. The van der Waals surface area contributed by atoms with Crippen LogP contribution in [0, 0.1) is 11.6 Å². The first kappa shape index (κ1) is 18.5. The summed E-state index contributed by atoms with van der Waals surface area (Å²) in [7, 11) is 0. The molecule has 2 aromatic rings. The average molecular weight is 380 g/mol. The summed E-state index contributed by atoms with van der Waals surface area (Å²) >= 11 is 0. The molecular formula is C17H14F2N2O6. The first-order chi connectivity index (χ1) is 12.8. The first-order valence-corrected chi connectivity index (χ1v) is 7.77. The number of fused-ring (bicyclic) bond motifs is 1. The molecule has 27 heavy (non-hydrogen) atoms. The Balaban J connectivity index is 2.00. The van der Waals surface area contributed by atoms with Crippen molar-refractivity contribution in [2.75, 3.05) is 6.54 Å². The summed E-state index contributed by atoms with van der Waals surface area (Å²) in [6, 6.07) is 2.75. The Bertz CT molecular complexity index is 988. The van der Waals surface area contributed by atoms with Gasteiger partial charge in [-0.05, 0) is 17.7 Å². The van der Waals surface area contributed by atoms with Crippen LogP contribution in [0.15, 0.2) is 29.1 Å². The minimum Gasteiger partial charge on any atom is -0.507 e. The third kappa shape index (κ3) is 3.65. The molecule has 0 aliphatic carbocycles. The van der Waals surface area contributed by atoms with Gasteiger partial charge in [0, 0.05) is 18.2 Å². The van der Waals surface area contributed by atoms with Crippen molar-refractivity contribution in [1.82, 2.24) is 9.47 Å². The quantitative estimate of drug-likeness (QED) is 0.830. The highest BCUT2D eigenvalue weighted by atomic mass is 19.2. The van der Waals surface area contributed by atoms with Crippen molar-refractivity contribution in [2.45, 2.75) is 19.8 Å². The van der Waals surface area contributed by atoms with E-state index >= 15 is 0 Å². The molecular weight excluding hydrogens is 366 g/mol. The average Bonchev–Trinajstić information content (AvgIpc) is 3.07. The molecule has 2 N–H and O–H groups in total. The van der Waals surface area contributed by atoms with Gasteiger partial charge in [0.05, 0.1) is 18.9 Å². The zero-order valence-corrected chi connectivity index (χ0v) is 13.8. The van der Waals surface area contributed by atoms with Crippen LogP contribution in [0.1, 0.15) is 16.8 Å². The Kier molecular flexibility index (Phi) is 4.91. The predicted octanol–water partition coefficient (Wildman–Crippen LogP) is 1.42. The first-order valence-electron chi connectivity index (χ1n) is 7.77. The van der Waals surface area contributed by atoms with E-state index in [1.807, 2.05) is 0 Å². The molecule has 8 nitrogen and oxygen atoms in total. The third-order valence-electron chi connectivity index (χ3n) is 4.04. The van der Waals surface area contributed by atoms with Crippen molar-refractivity contribution < 1.29 is 33.3 Å². The maximum absolute atomic E-state index is 13.4. The molecule has 0 atom stereocenters. The highest BCUT2D eigenvalue weighted by molar-refractivity contribution is 5.82. The molecule has 0 radical (unpaired) electrons. The molecule has 0 fully saturated rings. The lowest BCUT2D eigenvalue weighted by atomic mass is 10.2. The summed E-state index contributed by atoms with van der Waals surface area (Å²) in [5.41, 5.74) is -0.345. The standard InChI is InChI=1S/C17H14F2N2O6/c18-11-2-1-9(3-12(11)19)5-20(6-16(24)25)17(26)21-13-8-27-7-10(13)14(22)4-15(21)23/h1-4,22H,5-8H2,(H,24,25). The summed E-state index contributed by atoms with van der Waals surface area (Å²) < 4.78 is 32.4. The summed E-state index contributed by atoms with van der Waals surface area (Å²) in [6.07, 6.45) is 0. The van der Waals surface area contributed by atoms with E-state index in [0.717, 1.165) is 23.1 Å². The highest BCUT2D eigenvalue weighted by Crippen LogP contribution is 2.26. The van der Waals surface area contributed by atoms with Crippen LogP contribution in [-0.4, -0.2) is 38.2 Å². The van der Waals surface area contributed by atoms with Gasteiger partial charge in [-0.25, -0.2) is 18.1 Å². The fourth-order valence-electron chi connectivity index (χ4n) is 2.81. The van der Waals surface area contributed by atoms with Gasteiger partial charge in [0.1, 0.15) is 12.3 Å². The minimum atomic E-state index is -1.36. The highest BCUT2D eigenvalue weighted by Gasteiger charge is 2.28. The Labute approximate surface area is 150 Å². The number of carbonyl (C=O) groups is 2.